The fourth-order valence-corrected chi connectivity index (χ4v) is 1.45. The van der Waals surface area contributed by atoms with E-state index in [1.54, 1.807) is 0 Å². The molecular formula is C12H18N2O2. The van der Waals surface area contributed by atoms with Crippen LogP contribution in [0.5, 0.6) is 0 Å². The Morgan fingerprint density at radius 3 is 2.69 bits per heavy atom. The summed E-state index contributed by atoms with van der Waals surface area (Å²) in [5.41, 5.74) is 6.31. The van der Waals surface area contributed by atoms with Crippen LogP contribution in [0.15, 0.2) is 30.3 Å². The van der Waals surface area contributed by atoms with E-state index in [0.29, 0.717) is 13.1 Å². The highest BCUT2D eigenvalue weighted by atomic mass is 16.5. The van der Waals surface area contributed by atoms with Crippen LogP contribution in [0.4, 0.5) is 0 Å². The molecule has 4 heteroatoms. The van der Waals surface area contributed by atoms with Crippen LogP contribution in [-0.4, -0.2) is 26.2 Å². The molecule has 0 aromatic heterocycles. The van der Waals surface area contributed by atoms with Crippen molar-refractivity contribution in [3.8, 4) is 0 Å². The van der Waals surface area contributed by atoms with E-state index in [2.05, 4.69) is 5.32 Å². The highest BCUT2D eigenvalue weighted by Gasteiger charge is 2.19. The molecule has 0 heterocycles. The largest absolute Gasteiger partial charge is 0.468 e. The molecule has 4 nitrogen and oxygen atoms in total. The summed E-state index contributed by atoms with van der Waals surface area (Å²) in [4.78, 5) is 11.6. The normalized spacial score (nSPS) is 12.1. The van der Waals surface area contributed by atoms with Crippen LogP contribution in [0.1, 0.15) is 18.0 Å². The van der Waals surface area contributed by atoms with Crippen molar-refractivity contribution in [3.05, 3.63) is 35.9 Å². The summed E-state index contributed by atoms with van der Waals surface area (Å²) in [6, 6.07) is 9.11. The standard InChI is InChI=1S/C12H18N2O2/c1-16-12(15)11(14-9-5-8-13)10-6-3-2-4-7-10/h2-4,6-7,11,14H,5,8-9,13H2,1H3. The molecule has 0 spiro atoms. The van der Waals surface area contributed by atoms with E-state index in [-0.39, 0.29) is 5.97 Å². The number of nitrogens with one attached hydrogen (secondary N) is 1. The van der Waals surface area contributed by atoms with Crippen molar-refractivity contribution >= 4 is 5.97 Å². The molecule has 1 aromatic rings. The average molecular weight is 222 g/mol. The number of rotatable bonds is 6. The van der Waals surface area contributed by atoms with Gasteiger partial charge in [-0.25, -0.2) is 4.79 Å². The van der Waals surface area contributed by atoms with Gasteiger partial charge in [-0.1, -0.05) is 30.3 Å². The zero-order valence-electron chi connectivity index (χ0n) is 9.48. The highest BCUT2D eigenvalue weighted by Crippen LogP contribution is 2.13. The number of ether oxygens (including phenoxy) is 1. The van der Waals surface area contributed by atoms with Crippen LogP contribution >= 0.6 is 0 Å². The third kappa shape index (κ3) is 3.64. The molecule has 0 radical (unpaired) electrons. The van der Waals surface area contributed by atoms with Crippen LogP contribution in [0.3, 0.4) is 0 Å². The fraction of sp³-hybridized carbons (Fsp3) is 0.417. The lowest BCUT2D eigenvalue weighted by Gasteiger charge is -2.16. The second kappa shape index (κ2) is 6.98. The van der Waals surface area contributed by atoms with Gasteiger partial charge in [-0.3, -0.25) is 0 Å². The van der Waals surface area contributed by atoms with Gasteiger partial charge in [0.2, 0.25) is 0 Å². The lowest BCUT2D eigenvalue weighted by molar-refractivity contribution is -0.143. The predicted octanol–water partition coefficient (Wildman–Crippen LogP) is 0.839. The first-order valence-corrected chi connectivity index (χ1v) is 5.36. The monoisotopic (exact) mass is 222 g/mol. The zero-order chi connectivity index (χ0) is 11.8. The summed E-state index contributed by atoms with van der Waals surface area (Å²) in [5, 5.41) is 3.13. The Balaban J connectivity index is 2.68. The van der Waals surface area contributed by atoms with Gasteiger partial charge in [0.15, 0.2) is 0 Å². The Kier molecular flexibility index (Phi) is 5.53. The van der Waals surface area contributed by atoms with Gasteiger partial charge in [0.25, 0.3) is 0 Å². The van der Waals surface area contributed by atoms with Gasteiger partial charge in [0, 0.05) is 0 Å². The molecule has 3 N–H and O–H groups in total. The molecular weight excluding hydrogens is 204 g/mol. The van der Waals surface area contributed by atoms with E-state index in [0.717, 1.165) is 12.0 Å². The molecule has 0 aliphatic carbocycles. The van der Waals surface area contributed by atoms with Crippen LogP contribution in [0.25, 0.3) is 0 Å². The predicted molar refractivity (Wildman–Crippen MR) is 62.9 cm³/mol. The first-order valence-electron chi connectivity index (χ1n) is 5.36. The van der Waals surface area contributed by atoms with E-state index in [4.69, 9.17) is 10.5 Å². The number of nitrogens with two attached hydrogens (primary N) is 1. The molecule has 0 saturated heterocycles. The Hall–Kier alpha value is -1.39. The number of benzene rings is 1. The maximum atomic E-state index is 11.6. The third-order valence-corrected chi connectivity index (χ3v) is 2.30. The van der Waals surface area contributed by atoms with Crippen molar-refractivity contribution in [1.82, 2.24) is 5.32 Å². The average Bonchev–Trinajstić information content (AvgIpc) is 2.35. The molecule has 0 aliphatic rings. The molecule has 1 rings (SSSR count). The van der Waals surface area contributed by atoms with Crippen LogP contribution < -0.4 is 11.1 Å². The summed E-state index contributed by atoms with van der Waals surface area (Å²) in [5.74, 6) is -0.275. The van der Waals surface area contributed by atoms with E-state index in [9.17, 15) is 4.79 Å². The second-order valence-corrected chi connectivity index (χ2v) is 3.46. The zero-order valence-corrected chi connectivity index (χ0v) is 9.48. The van der Waals surface area contributed by atoms with Crippen molar-refractivity contribution < 1.29 is 9.53 Å². The molecule has 88 valence electrons. The maximum Gasteiger partial charge on any atom is 0.327 e. The van der Waals surface area contributed by atoms with Gasteiger partial charge in [-0.2, -0.15) is 0 Å². The van der Waals surface area contributed by atoms with Crippen molar-refractivity contribution in [3.63, 3.8) is 0 Å². The summed E-state index contributed by atoms with van der Waals surface area (Å²) in [7, 11) is 1.39. The minimum atomic E-state index is -0.405. The Morgan fingerprint density at radius 1 is 1.44 bits per heavy atom. The topological polar surface area (TPSA) is 64.3 Å². The number of hydrogen-bond donors (Lipinski definition) is 2. The first-order chi connectivity index (χ1) is 7.79. The molecule has 16 heavy (non-hydrogen) atoms. The summed E-state index contributed by atoms with van der Waals surface area (Å²) in [6.45, 7) is 1.31. The summed E-state index contributed by atoms with van der Waals surface area (Å²) < 4.78 is 4.76. The number of hydrogen-bond acceptors (Lipinski definition) is 4. The fourth-order valence-electron chi connectivity index (χ4n) is 1.45. The first kappa shape index (κ1) is 12.7. The summed E-state index contributed by atoms with van der Waals surface area (Å²) >= 11 is 0. The number of esters is 1. The minimum Gasteiger partial charge on any atom is -0.468 e. The lowest BCUT2D eigenvalue weighted by Crippen LogP contribution is -2.31. The Labute approximate surface area is 95.8 Å². The SMILES string of the molecule is COC(=O)C(NCCCN)c1ccccc1. The molecule has 0 fully saturated rings. The molecule has 0 amide bonds. The van der Waals surface area contributed by atoms with E-state index < -0.39 is 6.04 Å². The second-order valence-electron chi connectivity index (χ2n) is 3.46. The maximum absolute atomic E-state index is 11.6. The number of carbonyl (C=O) groups excluding carboxylic acids is 1. The Morgan fingerprint density at radius 2 is 2.12 bits per heavy atom. The quantitative estimate of drug-likeness (QED) is 0.553. The molecule has 1 atom stereocenters. The molecule has 1 aromatic carbocycles. The van der Waals surface area contributed by atoms with Gasteiger partial charge in [-0.05, 0) is 25.1 Å². The number of methoxy groups -OCH3 is 1. The molecule has 0 aliphatic heterocycles. The van der Waals surface area contributed by atoms with Gasteiger partial charge in [0.1, 0.15) is 6.04 Å². The van der Waals surface area contributed by atoms with Crippen LogP contribution in [0, 0.1) is 0 Å². The molecule has 0 bridgehead atoms. The van der Waals surface area contributed by atoms with E-state index >= 15 is 0 Å². The van der Waals surface area contributed by atoms with Crippen molar-refractivity contribution in [1.29, 1.82) is 0 Å². The van der Waals surface area contributed by atoms with Crippen molar-refractivity contribution in [2.45, 2.75) is 12.5 Å². The third-order valence-electron chi connectivity index (χ3n) is 2.30. The smallest absolute Gasteiger partial charge is 0.327 e. The summed E-state index contributed by atoms with van der Waals surface area (Å²) in [6.07, 6.45) is 0.834. The lowest BCUT2D eigenvalue weighted by atomic mass is 10.1. The van der Waals surface area contributed by atoms with Gasteiger partial charge in [-0.15, -0.1) is 0 Å². The van der Waals surface area contributed by atoms with E-state index in [1.165, 1.54) is 7.11 Å². The Bertz CT molecular complexity index is 314. The van der Waals surface area contributed by atoms with Crippen LogP contribution in [0.2, 0.25) is 0 Å². The van der Waals surface area contributed by atoms with Gasteiger partial charge >= 0.3 is 5.97 Å². The highest BCUT2D eigenvalue weighted by molar-refractivity contribution is 5.77. The molecule has 1 unspecified atom stereocenters. The minimum absolute atomic E-state index is 0.275. The van der Waals surface area contributed by atoms with Gasteiger partial charge < -0.3 is 15.8 Å². The number of carbonyl (C=O) groups is 1. The van der Waals surface area contributed by atoms with E-state index in [1.807, 2.05) is 30.3 Å². The van der Waals surface area contributed by atoms with Gasteiger partial charge in [0.05, 0.1) is 7.11 Å². The molecule has 0 saturated carbocycles. The van der Waals surface area contributed by atoms with Crippen molar-refractivity contribution in [2.24, 2.45) is 5.73 Å². The van der Waals surface area contributed by atoms with Crippen LogP contribution in [-0.2, 0) is 9.53 Å². The van der Waals surface area contributed by atoms with Crippen molar-refractivity contribution in [2.75, 3.05) is 20.2 Å².